The van der Waals surface area contributed by atoms with Gasteiger partial charge in [0.1, 0.15) is 11.3 Å². The van der Waals surface area contributed by atoms with Crippen LogP contribution >= 0.6 is 0 Å². The van der Waals surface area contributed by atoms with Crippen molar-refractivity contribution in [2.75, 3.05) is 6.54 Å². The SMILES string of the molecule is O=C1CCC(CNCc2cc3ccccc3o2)N1. The fourth-order valence-electron chi connectivity index (χ4n) is 2.32. The van der Waals surface area contributed by atoms with Crippen LogP contribution in [0.3, 0.4) is 0 Å². The molecule has 1 fully saturated rings. The van der Waals surface area contributed by atoms with Gasteiger partial charge >= 0.3 is 0 Å². The van der Waals surface area contributed by atoms with Gasteiger partial charge in [0.25, 0.3) is 0 Å². The third-order valence-corrected chi connectivity index (χ3v) is 3.25. The predicted octanol–water partition coefficient (Wildman–Crippen LogP) is 1.80. The molecule has 0 aliphatic carbocycles. The summed E-state index contributed by atoms with van der Waals surface area (Å²) in [5.74, 6) is 1.09. The fraction of sp³-hybridized carbons (Fsp3) is 0.357. The normalized spacial score (nSPS) is 19.3. The number of nitrogens with one attached hydrogen (secondary N) is 2. The summed E-state index contributed by atoms with van der Waals surface area (Å²) in [7, 11) is 0. The molecular formula is C14H16N2O2. The molecule has 3 rings (SSSR count). The third kappa shape index (κ3) is 2.38. The van der Waals surface area contributed by atoms with Gasteiger partial charge in [0.15, 0.2) is 0 Å². The van der Waals surface area contributed by atoms with Crippen molar-refractivity contribution < 1.29 is 9.21 Å². The Hall–Kier alpha value is -1.81. The lowest BCUT2D eigenvalue weighted by atomic mass is 10.2. The minimum atomic E-state index is 0.158. The topological polar surface area (TPSA) is 54.3 Å². The molecule has 4 heteroatoms. The number of rotatable bonds is 4. The van der Waals surface area contributed by atoms with Gasteiger partial charge in [-0.15, -0.1) is 0 Å². The van der Waals surface area contributed by atoms with Crippen molar-refractivity contribution in [1.82, 2.24) is 10.6 Å². The van der Waals surface area contributed by atoms with E-state index >= 15 is 0 Å². The Morgan fingerprint density at radius 3 is 3.06 bits per heavy atom. The Morgan fingerprint density at radius 2 is 2.28 bits per heavy atom. The maximum atomic E-state index is 11.0. The van der Waals surface area contributed by atoms with E-state index in [0.29, 0.717) is 13.0 Å². The molecule has 1 aromatic heterocycles. The van der Waals surface area contributed by atoms with Crippen LogP contribution in [-0.4, -0.2) is 18.5 Å². The minimum Gasteiger partial charge on any atom is -0.460 e. The molecule has 1 amide bonds. The van der Waals surface area contributed by atoms with Crippen LogP contribution in [-0.2, 0) is 11.3 Å². The average molecular weight is 244 g/mol. The van der Waals surface area contributed by atoms with Gasteiger partial charge in [-0.1, -0.05) is 18.2 Å². The van der Waals surface area contributed by atoms with Gasteiger partial charge in [-0.2, -0.15) is 0 Å². The maximum Gasteiger partial charge on any atom is 0.220 e. The molecule has 1 atom stereocenters. The summed E-state index contributed by atoms with van der Waals surface area (Å²) >= 11 is 0. The monoisotopic (exact) mass is 244 g/mol. The zero-order valence-corrected chi connectivity index (χ0v) is 10.1. The number of carbonyl (C=O) groups excluding carboxylic acids is 1. The lowest BCUT2D eigenvalue weighted by Crippen LogP contribution is -2.35. The highest BCUT2D eigenvalue weighted by Crippen LogP contribution is 2.18. The van der Waals surface area contributed by atoms with Crippen molar-refractivity contribution in [1.29, 1.82) is 0 Å². The van der Waals surface area contributed by atoms with E-state index in [4.69, 9.17) is 4.42 Å². The molecule has 1 aliphatic rings. The molecule has 1 aliphatic heterocycles. The highest BCUT2D eigenvalue weighted by molar-refractivity contribution is 5.78. The quantitative estimate of drug-likeness (QED) is 0.862. The van der Waals surface area contributed by atoms with Crippen LogP contribution in [0.5, 0.6) is 0 Å². The van der Waals surface area contributed by atoms with Gasteiger partial charge in [0.2, 0.25) is 5.91 Å². The van der Waals surface area contributed by atoms with E-state index in [1.165, 1.54) is 0 Å². The number of carbonyl (C=O) groups is 1. The first-order valence-electron chi connectivity index (χ1n) is 6.29. The van der Waals surface area contributed by atoms with Crippen molar-refractivity contribution >= 4 is 16.9 Å². The number of benzene rings is 1. The highest BCUT2D eigenvalue weighted by atomic mass is 16.3. The number of para-hydroxylation sites is 1. The van der Waals surface area contributed by atoms with Gasteiger partial charge in [0.05, 0.1) is 6.54 Å². The fourth-order valence-corrected chi connectivity index (χ4v) is 2.32. The number of furan rings is 1. The molecular weight excluding hydrogens is 228 g/mol. The lowest BCUT2D eigenvalue weighted by molar-refractivity contribution is -0.119. The second-order valence-corrected chi connectivity index (χ2v) is 4.68. The van der Waals surface area contributed by atoms with Gasteiger partial charge < -0.3 is 15.1 Å². The van der Waals surface area contributed by atoms with Crippen LogP contribution in [0.1, 0.15) is 18.6 Å². The summed E-state index contributed by atoms with van der Waals surface area (Å²) in [4.78, 5) is 11.0. The molecule has 2 heterocycles. The van der Waals surface area contributed by atoms with E-state index in [2.05, 4.69) is 16.7 Å². The standard InChI is InChI=1S/C14H16N2O2/c17-14-6-5-11(16-14)8-15-9-12-7-10-3-1-2-4-13(10)18-12/h1-4,7,11,15H,5-6,8-9H2,(H,16,17). The first kappa shape index (κ1) is 11.3. The highest BCUT2D eigenvalue weighted by Gasteiger charge is 2.19. The van der Waals surface area contributed by atoms with E-state index in [1.807, 2.05) is 24.3 Å². The summed E-state index contributed by atoms with van der Waals surface area (Å²) in [5.41, 5.74) is 0.920. The molecule has 0 saturated carbocycles. The van der Waals surface area contributed by atoms with E-state index in [-0.39, 0.29) is 11.9 Å². The summed E-state index contributed by atoms with van der Waals surface area (Å²) in [6.45, 7) is 1.49. The number of amides is 1. The van der Waals surface area contributed by atoms with Gasteiger partial charge in [-0.05, 0) is 18.6 Å². The van der Waals surface area contributed by atoms with Gasteiger partial charge in [0, 0.05) is 24.4 Å². The number of hydrogen-bond acceptors (Lipinski definition) is 3. The summed E-state index contributed by atoms with van der Waals surface area (Å²) in [6.07, 6.45) is 1.57. The predicted molar refractivity (Wildman–Crippen MR) is 69.1 cm³/mol. The summed E-state index contributed by atoms with van der Waals surface area (Å²) in [6, 6.07) is 10.3. The lowest BCUT2D eigenvalue weighted by Gasteiger charge is -2.09. The average Bonchev–Trinajstić information content (AvgIpc) is 2.95. The number of fused-ring (bicyclic) bond motifs is 1. The Bertz CT molecular complexity index is 529. The van der Waals surface area contributed by atoms with Gasteiger partial charge in [-0.25, -0.2) is 0 Å². The third-order valence-electron chi connectivity index (χ3n) is 3.25. The summed E-state index contributed by atoms with van der Waals surface area (Å²) < 4.78 is 5.70. The van der Waals surface area contributed by atoms with E-state index in [1.54, 1.807) is 0 Å². The molecule has 2 N–H and O–H groups in total. The molecule has 1 aromatic carbocycles. The van der Waals surface area contributed by atoms with Crippen LogP contribution in [0.15, 0.2) is 34.7 Å². The number of hydrogen-bond donors (Lipinski definition) is 2. The van der Waals surface area contributed by atoms with Crippen molar-refractivity contribution in [2.45, 2.75) is 25.4 Å². The van der Waals surface area contributed by atoms with E-state index in [9.17, 15) is 4.79 Å². The molecule has 2 aromatic rings. The van der Waals surface area contributed by atoms with E-state index < -0.39 is 0 Å². The maximum absolute atomic E-state index is 11.0. The van der Waals surface area contributed by atoms with Crippen molar-refractivity contribution in [3.63, 3.8) is 0 Å². The first-order chi connectivity index (χ1) is 8.81. The van der Waals surface area contributed by atoms with Crippen LogP contribution in [0.2, 0.25) is 0 Å². The van der Waals surface area contributed by atoms with Gasteiger partial charge in [-0.3, -0.25) is 4.79 Å². The van der Waals surface area contributed by atoms with Crippen LogP contribution in [0, 0.1) is 0 Å². The minimum absolute atomic E-state index is 0.158. The molecule has 0 bridgehead atoms. The molecule has 0 spiro atoms. The Morgan fingerprint density at radius 1 is 1.39 bits per heavy atom. The Kier molecular flexibility index (Phi) is 3.02. The molecule has 94 valence electrons. The molecule has 18 heavy (non-hydrogen) atoms. The van der Waals surface area contributed by atoms with Crippen LogP contribution in [0.25, 0.3) is 11.0 Å². The zero-order valence-electron chi connectivity index (χ0n) is 10.1. The second-order valence-electron chi connectivity index (χ2n) is 4.68. The smallest absolute Gasteiger partial charge is 0.220 e. The molecule has 4 nitrogen and oxygen atoms in total. The zero-order chi connectivity index (χ0) is 12.4. The Balaban J connectivity index is 1.55. The van der Waals surface area contributed by atoms with Crippen molar-refractivity contribution in [2.24, 2.45) is 0 Å². The Labute approximate surface area is 105 Å². The molecule has 1 unspecified atom stereocenters. The molecule has 1 saturated heterocycles. The van der Waals surface area contributed by atoms with Crippen LogP contribution < -0.4 is 10.6 Å². The second kappa shape index (κ2) is 4.82. The first-order valence-corrected chi connectivity index (χ1v) is 6.29. The van der Waals surface area contributed by atoms with E-state index in [0.717, 1.165) is 29.7 Å². The summed E-state index contributed by atoms with van der Waals surface area (Å²) in [5, 5.41) is 7.38. The van der Waals surface area contributed by atoms with Crippen molar-refractivity contribution in [3.8, 4) is 0 Å². The largest absolute Gasteiger partial charge is 0.460 e. The van der Waals surface area contributed by atoms with Crippen LogP contribution in [0.4, 0.5) is 0 Å². The molecule has 0 radical (unpaired) electrons. The van der Waals surface area contributed by atoms with Crippen molar-refractivity contribution in [3.05, 3.63) is 36.1 Å².